The van der Waals surface area contributed by atoms with Gasteiger partial charge in [-0.1, -0.05) is 17.7 Å². The highest BCUT2D eigenvalue weighted by atomic mass is 35.5. The smallest absolute Gasteiger partial charge is 0.157 e. The highest BCUT2D eigenvalue weighted by Gasteiger charge is 2.18. The van der Waals surface area contributed by atoms with E-state index in [1.807, 2.05) is 42.7 Å². The molecule has 4 aromatic rings. The van der Waals surface area contributed by atoms with E-state index in [9.17, 15) is 0 Å². The quantitative estimate of drug-likeness (QED) is 0.484. The second-order valence-electron chi connectivity index (χ2n) is 7.01. The van der Waals surface area contributed by atoms with E-state index in [4.69, 9.17) is 21.6 Å². The summed E-state index contributed by atoms with van der Waals surface area (Å²) in [4.78, 5) is 15.0. The number of benzene rings is 1. The maximum absolute atomic E-state index is 6.11. The second kappa shape index (κ2) is 8.06. The zero-order chi connectivity index (χ0) is 19.6. The van der Waals surface area contributed by atoms with Crippen LogP contribution in [-0.4, -0.2) is 32.6 Å². The lowest BCUT2D eigenvalue weighted by Gasteiger charge is -2.10. The Morgan fingerprint density at radius 1 is 1.07 bits per heavy atom. The van der Waals surface area contributed by atoms with Crippen molar-refractivity contribution in [2.45, 2.75) is 19.3 Å². The fourth-order valence-electron chi connectivity index (χ4n) is 3.64. The van der Waals surface area contributed by atoms with Crippen molar-refractivity contribution in [2.24, 2.45) is 0 Å². The Hall–Kier alpha value is -2.54. The molecule has 1 N–H and O–H groups in total. The monoisotopic (exact) mass is 421 g/mol. The lowest BCUT2D eigenvalue weighted by molar-refractivity contribution is 0.650. The van der Waals surface area contributed by atoms with Crippen LogP contribution in [0.5, 0.6) is 0 Å². The normalized spacial score (nSPS) is 15.1. The van der Waals surface area contributed by atoms with Crippen molar-refractivity contribution < 1.29 is 0 Å². The van der Waals surface area contributed by atoms with Gasteiger partial charge in [-0.15, -0.1) is 11.3 Å². The molecule has 1 aliphatic rings. The first-order valence-corrected chi connectivity index (χ1v) is 10.9. The van der Waals surface area contributed by atoms with Crippen LogP contribution in [0.1, 0.15) is 24.3 Å². The summed E-state index contributed by atoms with van der Waals surface area (Å²) in [5.41, 5.74) is 4.23. The molecule has 0 saturated heterocycles. The average Bonchev–Trinajstić information content (AvgIpc) is 3.33. The van der Waals surface area contributed by atoms with Crippen LogP contribution in [0.2, 0.25) is 5.02 Å². The number of nitrogens with one attached hydrogen (secondary N) is 1. The number of imidazole rings is 1. The largest absolute Gasteiger partial charge is 0.316 e. The number of hydrogen-bond acceptors (Lipinski definition) is 5. The zero-order valence-electron chi connectivity index (χ0n) is 15.8. The molecule has 0 aliphatic carbocycles. The van der Waals surface area contributed by atoms with Gasteiger partial charge >= 0.3 is 0 Å². The maximum Gasteiger partial charge on any atom is 0.157 e. The molecule has 1 aliphatic heterocycles. The van der Waals surface area contributed by atoms with Gasteiger partial charge in [0.05, 0.1) is 22.1 Å². The second-order valence-corrected chi connectivity index (χ2v) is 8.48. The van der Waals surface area contributed by atoms with Crippen LogP contribution in [0.4, 0.5) is 0 Å². The number of hydrogen-bond donors (Lipinski definition) is 1. The number of allylic oxidation sites excluding steroid dienone is 1. The van der Waals surface area contributed by atoms with E-state index < -0.39 is 0 Å². The summed E-state index contributed by atoms with van der Waals surface area (Å²) in [6.07, 6.45) is 11.1. The Labute approximate surface area is 178 Å². The van der Waals surface area contributed by atoms with E-state index in [0.29, 0.717) is 5.02 Å². The minimum absolute atomic E-state index is 0.712. The van der Waals surface area contributed by atoms with Gasteiger partial charge in [0.15, 0.2) is 5.82 Å². The minimum atomic E-state index is 0.712. The lowest BCUT2D eigenvalue weighted by Crippen LogP contribution is -2.17. The molecule has 7 heteroatoms. The first kappa shape index (κ1) is 18.5. The number of thiazole rings is 1. The van der Waals surface area contributed by atoms with Gasteiger partial charge in [-0.05, 0) is 68.3 Å². The SMILES string of the molecule is Clc1ccc(-n2c(-c3cnc(C4=CCCNCCC4)s3)nc3ccncc32)cc1. The Kier molecular flexibility index (Phi) is 5.14. The van der Waals surface area contributed by atoms with Crippen molar-refractivity contribution in [1.82, 2.24) is 24.8 Å². The van der Waals surface area contributed by atoms with Crippen LogP contribution in [-0.2, 0) is 0 Å². The molecule has 0 bridgehead atoms. The van der Waals surface area contributed by atoms with Crippen molar-refractivity contribution in [2.75, 3.05) is 13.1 Å². The van der Waals surface area contributed by atoms with E-state index in [-0.39, 0.29) is 0 Å². The Morgan fingerprint density at radius 3 is 2.86 bits per heavy atom. The fourth-order valence-corrected chi connectivity index (χ4v) is 4.73. The van der Waals surface area contributed by atoms with E-state index >= 15 is 0 Å². The minimum Gasteiger partial charge on any atom is -0.316 e. The van der Waals surface area contributed by atoms with Crippen molar-refractivity contribution in [3.63, 3.8) is 0 Å². The van der Waals surface area contributed by atoms with Gasteiger partial charge in [0.25, 0.3) is 0 Å². The summed E-state index contributed by atoms with van der Waals surface area (Å²) in [7, 11) is 0. The summed E-state index contributed by atoms with van der Waals surface area (Å²) in [5, 5.41) is 5.25. The maximum atomic E-state index is 6.11. The molecule has 1 aromatic carbocycles. The Bertz CT molecular complexity index is 1180. The summed E-state index contributed by atoms with van der Waals surface area (Å²) in [5.74, 6) is 0.882. The third-order valence-corrected chi connectivity index (χ3v) is 6.37. The van der Waals surface area contributed by atoms with Crippen molar-refractivity contribution in [1.29, 1.82) is 0 Å². The van der Waals surface area contributed by atoms with Crippen LogP contribution in [0, 0.1) is 0 Å². The van der Waals surface area contributed by atoms with Crippen LogP contribution < -0.4 is 5.32 Å². The molecule has 4 heterocycles. The molecule has 0 amide bonds. The predicted octanol–water partition coefficient (Wildman–Crippen LogP) is 5.35. The molecule has 0 spiro atoms. The third-order valence-electron chi connectivity index (χ3n) is 5.05. The number of fused-ring (bicyclic) bond motifs is 1. The molecule has 0 saturated carbocycles. The predicted molar refractivity (Wildman–Crippen MR) is 120 cm³/mol. The highest BCUT2D eigenvalue weighted by molar-refractivity contribution is 7.16. The molecular formula is C22H20ClN5S. The summed E-state index contributed by atoms with van der Waals surface area (Å²) >= 11 is 7.81. The lowest BCUT2D eigenvalue weighted by atomic mass is 10.1. The molecule has 5 nitrogen and oxygen atoms in total. The third kappa shape index (κ3) is 3.71. The van der Waals surface area contributed by atoms with Crippen LogP contribution in [0.3, 0.4) is 0 Å². The topological polar surface area (TPSA) is 55.6 Å². The van der Waals surface area contributed by atoms with Crippen molar-refractivity contribution >= 4 is 39.5 Å². The van der Waals surface area contributed by atoms with Crippen LogP contribution >= 0.6 is 22.9 Å². The summed E-state index contributed by atoms with van der Waals surface area (Å²) in [6, 6.07) is 9.75. The molecule has 29 heavy (non-hydrogen) atoms. The molecular weight excluding hydrogens is 402 g/mol. The van der Waals surface area contributed by atoms with Gasteiger partial charge in [0.1, 0.15) is 5.01 Å². The molecule has 0 fully saturated rings. The van der Waals surface area contributed by atoms with Gasteiger partial charge in [0, 0.05) is 23.1 Å². The Balaban J connectivity index is 1.61. The molecule has 5 rings (SSSR count). The van der Waals surface area contributed by atoms with E-state index in [1.54, 1.807) is 17.5 Å². The fraction of sp³-hybridized carbons (Fsp3) is 0.227. The van der Waals surface area contributed by atoms with E-state index in [1.165, 1.54) is 5.57 Å². The number of pyridine rings is 1. The standard InChI is InChI=1S/C22H20ClN5S/c23-16-5-7-17(8-6-16)28-19-13-25-12-9-18(19)27-21(28)20-14-26-22(29-20)15-3-1-10-24-11-2-4-15/h3,5-9,12-14,24H,1-2,4,10-11H2. The van der Waals surface area contributed by atoms with Gasteiger partial charge in [-0.25, -0.2) is 9.97 Å². The molecule has 146 valence electrons. The number of nitrogens with zero attached hydrogens (tertiary/aromatic N) is 4. The van der Waals surface area contributed by atoms with Gasteiger partial charge in [0.2, 0.25) is 0 Å². The van der Waals surface area contributed by atoms with Gasteiger partial charge < -0.3 is 5.32 Å². The van der Waals surface area contributed by atoms with E-state index in [0.717, 1.165) is 64.8 Å². The van der Waals surface area contributed by atoms with Crippen LogP contribution in [0.15, 0.2) is 55.0 Å². The van der Waals surface area contributed by atoms with Crippen molar-refractivity contribution in [3.05, 3.63) is 65.0 Å². The first-order chi connectivity index (χ1) is 14.3. The van der Waals surface area contributed by atoms with Gasteiger partial charge in [-0.3, -0.25) is 9.55 Å². The molecule has 3 aromatic heterocycles. The van der Waals surface area contributed by atoms with Crippen molar-refractivity contribution in [3.8, 4) is 16.4 Å². The van der Waals surface area contributed by atoms with Gasteiger partial charge in [-0.2, -0.15) is 0 Å². The number of aromatic nitrogens is 4. The van der Waals surface area contributed by atoms with E-state index in [2.05, 4.69) is 20.9 Å². The summed E-state index contributed by atoms with van der Waals surface area (Å²) in [6.45, 7) is 2.09. The number of halogens is 1. The molecule has 0 radical (unpaired) electrons. The first-order valence-electron chi connectivity index (χ1n) is 9.74. The zero-order valence-corrected chi connectivity index (χ0v) is 17.4. The summed E-state index contributed by atoms with van der Waals surface area (Å²) < 4.78 is 2.13. The highest BCUT2D eigenvalue weighted by Crippen LogP contribution is 2.35. The van der Waals surface area contributed by atoms with Crippen LogP contribution in [0.25, 0.3) is 33.0 Å². The number of rotatable bonds is 3. The molecule has 0 unspecified atom stereocenters. The average molecular weight is 422 g/mol. The molecule has 0 atom stereocenters. The Morgan fingerprint density at radius 2 is 1.97 bits per heavy atom.